The van der Waals surface area contributed by atoms with Gasteiger partial charge >= 0.3 is 0 Å². The first kappa shape index (κ1) is 20.8. The molecule has 3 aromatic rings. The molecule has 0 unspecified atom stereocenters. The third-order valence-electron chi connectivity index (χ3n) is 5.70. The molecule has 1 fully saturated rings. The second-order valence-electron chi connectivity index (χ2n) is 7.82. The molecule has 4 rings (SSSR count). The molecule has 0 saturated carbocycles. The number of aromatic nitrogens is 2. The lowest BCUT2D eigenvalue weighted by atomic mass is 9.89. The molecule has 1 aliphatic heterocycles. The maximum Gasteiger partial charge on any atom is 0.255 e. The van der Waals surface area contributed by atoms with Crippen molar-refractivity contribution in [3.05, 3.63) is 83.8 Å². The number of hydrogen-bond donors (Lipinski definition) is 0. The van der Waals surface area contributed by atoms with E-state index < -0.39 is 0 Å². The molecule has 0 aliphatic carbocycles. The summed E-state index contributed by atoms with van der Waals surface area (Å²) in [5.74, 6) is 1.99. The summed E-state index contributed by atoms with van der Waals surface area (Å²) < 4.78 is 10.8. The minimum atomic E-state index is 0.0483. The minimum Gasteiger partial charge on any atom is -0.489 e. The van der Waals surface area contributed by atoms with E-state index >= 15 is 0 Å². The largest absolute Gasteiger partial charge is 0.489 e. The number of nitrogens with zero attached hydrogens (tertiary/aromatic N) is 3. The summed E-state index contributed by atoms with van der Waals surface area (Å²) in [7, 11) is 1.57. The summed E-state index contributed by atoms with van der Waals surface area (Å²) in [6, 6.07) is 15.9. The van der Waals surface area contributed by atoms with Gasteiger partial charge in [-0.15, -0.1) is 0 Å². The zero-order valence-corrected chi connectivity index (χ0v) is 17.7. The van der Waals surface area contributed by atoms with Gasteiger partial charge in [0, 0.05) is 37.7 Å². The number of rotatable bonds is 7. The molecule has 1 saturated heterocycles. The van der Waals surface area contributed by atoms with Crippen molar-refractivity contribution in [2.45, 2.75) is 25.9 Å². The molecule has 0 bridgehead atoms. The van der Waals surface area contributed by atoms with Crippen LogP contribution in [0.25, 0.3) is 0 Å². The number of benzene rings is 1. The Morgan fingerprint density at radius 3 is 2.35 bits per heavy atom. The maximum absolute atomic E-state index is 12.7. The van der Waals surface area contributed by atoms with E-state index in [2.05, 4.69) is 34.2 Å². The number of likely N-dealkylation sites (tertiary alicyclic amines) is 1. The Morgan fingerprint density at radius 2 is 1.71 bits per heavy atom. The number of pyridine rings is 2. The van der Waals surface area contributed by atoms with Crippen molar-refractivity contribution in [2.75, 3.05) is 20.2 Å². The molecular weight excluding hydrogens is 390 g/mol. The highest BCUT2D eigenvalue weighted by Gasteiger charge is 2.24. The summed E-state index contributed by atoms with van der Waals surface area (Å²) >= 11 is 0. The molecule has 0 radical (unpaired) electrons. The van der Waals surface area contributed by atoms with E-state index in [9.17, 15) is 4.79 Å². The molecule has 1 aliphatic rings. The molecule has 6 nitrogen and oxygen atoms in total. The Kier molecular flexibility index (Phi) is 6.77. The fourth-order valence-electron chi connectivity index (χ4n) is 3.86. The van der Waals surface area contributed by atoms with Gasteiger partial charge in [-0.2, -0.15) is 0 Å². The first-order chi connectivity index (χ1) is 15.2. The second-order valence-corrected chi connectivity index (χ2v) is 7.82. The zero-order valence-electron chi connectivity index (χ0n) is 17.7. The number of piperidine rings is 1. The number of carbonyl (C=O) groups excluding carboxylic acids is 1. The van der Waals surface area contributed by atoms with Gasteiger partial charge in [0.25, 0.3) is 5.91 Å². The van der Waals surface area contributed by atoms with Gasteiger partial charge in [-0.25, -0.2) is 4.98 Å². The van der Waals surface area contributed by atoms with Crippen LogP contribution in [-0.4, -0.2) is 41.0 Å². The quantitative estimate of drug-likeness (QED) is 0.578. The van der Waals surface area contributed by atoms with Gasteiger partial charge < -0.3 is 14.4 Å². The Morgan fingerprint density at radius 1 is 1.00 bits per heavy atom. The van der Waals surface area contributed by atoms with E-state index in [0.717, 1.165) is 43.7 Å². The highest BCUT2D eigenvalue weighted by molar-refractivity contribution is 5.94. The lowest BCUT2D eigenvalue weighted by Crippen LogP contribution is -2.38. The first-order valence-electron chi connectivity index (χ1n) is 10.6. The topological polar surface area (TPSA) is 64.5 Å². The van der Waals surface area contributed by atoms with Crippen LogP contribution >= 0.6 is 0 Å². The fourth-order valence-corrected chi connectivity index (χ4v) is 3.86. The van der Waals surface area contributed by atoms with Gasteiger partial charge in [-0.1, -0.05) is 24.3 Å². The van der Waals surface area contributed by atoms with E-state index in [-0.39, 0.29) is 5.91 Å². The highest BCUT2D eigenvalue weighted by Crippen LogP contribution is 2.23. The molecule has 1 aromatic carbocycles. The van der Waals surface area contributed by atoms with Crippen LogP contribution in [0.2, 0.25) is 0 Å². The van der Waals surface area contributed by atoms with Crippen LogP contribution in [0.15, 0.2) is 67.1 Å². The van der Waals surface area contributed by atoms with Gasteiger partial charge in [-0.05, 0) is 54.5 Å². The molecule has 0 N–H and O–H groups in total. The maximum atomic E-state index is 12.7. The zero-order chi connectivity index (χ0) is 21.5. The second kappa shape index (κ2) is 10.1. The van der Waals surface area contributed by atoms with E-state index in [1.807, 2.05) is 17.0 Å². The summed E-state index contributed by atoms with van der Waals surface area (Å²) in [4.78, 5) is 22.8. The predicted octanol–water partition coefficient (Wildman–Crippen LogP) is 4.16. The summed E-state index contributed by atoms with van der Waals surface area (Å²) in [5.41, 5.74) is 3.09. The van der Waals surface area contributed by atoms with Crippen LogP contribution < -0.4 is 9.47 Å². The van der Waals surface area contributed by atoms with Gasteiger partial charge in [0.15, 0.2) is 0 Å². The molecule has 1 amide bonds. The van der Waals surface area contributed by atoms with E-state index in [0.29, 0.717) is 24.0 Å². The van der Waals surface area contributed by atoms with Crippen LogP contribution in [0.4, 0.5) is 0 Å². The Labute approximate surface area is 182 Å². The molecule has 3 heterocycles. The van der Waals surface area contributed by atoms with Crippen molar-refractivity contribution in [3.8, 4) is 11.6 Å². The highest BCUT2D eigenvalue weighted by atomic mass is 16.5. The average molecular weight is 418 g/mol. The van der Waals surface area contributed by atoms with Gasteiger partial charge in [0.05, 0.1) is 12.7 Å². The Hall–Kier alpha value is -3.41. The molecular formula is C25H27N3O3. The summed E-state index contributed by atoms with van der Waals surface area (Å²) in [6.07, 6.45) is 8.12. The average Bonchev–Trinajstić information content (AvgIpc) is 2.84. The van der Waals surface area contributed by atoms with E-state index in [1.54, 1.807) is 37.8 Å². The normalized spacial score (nSPS) is 14.3. The third kappa shape index (κ3) is 5.60. The lowest BCUT2D eigenvalue weighted by molar-refractivity contribution is 0.0690. The van der Waals surface area contributed by atoms with Gasteiger partial charge in [-0.3, -0.25) is 9.78 Å². The van der Waals surface area contributed by atoms with Crippen LogP contribution in [0.3, 0.4) is 0 Å². The van der Waals surface area contributed by atoms with Crippen LogP contribution in [0, 0.1) is 5.92 Å². The van der Waals surface area contributed by atoms with Crippen molar-refractivity contribution >= 4 is 5.91 Å². The number of hydrogen-bond acceptors (Lipinski definition) is 5. The van der Waals surface area contributed by atoms with Crippen LogP contribution in [0.5, 0.6) is 11.6 Å². The molecule has 0 spiro atoms. The Balaban J connectivity index is 1.24. The monoisotopic (exact) mass is 417 g/mol. The van der Waals surface area contributed by atoms with Crippen molar-refractivity contribution in [1.82, 2.24) is 14.9 Å². The molecule has 160 valence electrons. The fraction of sp³-hybridized carbons (Fsp3) is 0.320. The standard InChI is InChI=1S/C25H27N3O3/c1-30-24-7-6-22(17-27-24)25(29)28-14-10-20(11-15-28)16-19-2-4-21(5-3-19)18-31-23-8-12-26-13-9-23/h2-9,12-13,17,20H,10-11,14-16,18H2,1H3. The van der Waals surface area contributed by atoms with Crippen LogP contribution in [0.1, 0.15) is 34.3 Å². The van der Waals surface area contributed by atoms with E-state index in [4.69, 9.17) is 9.47 Å². The number of carbonyl (C=O) groups is 1. The number of ether oxygens (including phenoxy) is 2. The Bertz CT molecular complexity index is 967. The smallest absolute Gasteiger partial charge is 0.255 e. The molecule has 6 heteroatoms. The van der Waals surface area contributed by atoms with Gasteiger partial charge in [0.1, 0.15) is 12.4 Å². The minimum absolute atomic E-state index is 0.0483. The van der Waals surface area contributed by atoms with Crippen molar-refractivity contribution in [1.29, 1.82) is 0 Å². The number of amides is 1. The molecule has 0 atom stereocenters. The van der Waals surface area contributed by atoms with Crippen molar-refractivity contribution in [3.63, 3.8) is 0 Å². The predicted molar refractivity (Wildman–Crippen MR) is 118 cm³/mol. The SMILES string of the molecule is COc1ccc(C(=O)N2CCC(Cc3ccc(COc4ccncc4)cc3)CC2)cn1. The van der Waals surface area contributed by atoms with Crippen molar-refractivity contribution < 1.29 is 14.3 Å². The van der Waals surface area contributed by atoms with E-state index in [1.165, 1.54) is 5.56 Å². The first-order valence-corrected chi connectivity index (χ1v) is 10.6. The molecule has 2 aromatic heterocycles. The van der Waals surface area contributed by atoms with Gasteiger partial charge in [0.2, 0.25) is 5.88 Å². The number of methoxy groups -OCH3 is 1. The molecule has 31 heavy (non-hydrogen) atoms. The summed E-state index contributed by atoms with van der Waals surface area (Å²) in [6.45, 7) is 2.12. The van der Waals surface area contributed by atoms with Crippen molar-refractivity contribution in [2.24, 2.45) is 5.92 Å². The summed E-state index contributed by atoms with van der Waals surface area (Å²) in [5, 5.41) is 0. The lowest BCUT2D eigenvalue weighted by Gasteiger charge is -2.32. The third-order valence-corrected chi connectivity index (χ3v) is 5.70. The van der Waals surface area contributed by atoms with Crippen LogP contribution in [-0.2, 0) is 13.0 Å².